The van der Waals surface area contributed by atoms with Gasteiger partial charge in [0.15, 0.2) is 18.4 Å². The van der Waals surface area contributed by atoms with Gasteiger partial charge in [-0.25, -0.2) is 19.0 Å². The van der Waals surface area contributed by atoms with Gasteiger partial charge in [-0.3, -0.25) is 4.98 Å². The average Bonchev–Trinajstić information content (AvgIpc) is 2.89. The molecule has 2 heterocycles. The normalized spacial score (nSPS) is 8.11. The van der Waals surface area contributed by atoms with E-state index in [4.69, 9.17) is 5.26 Å². The Balaban J connectivity index is -0.000000405. The van der Waals surface area contributed by atoms with E-state index in [1.165, 1.54) is 18.3 Å². The zero-order valence-corrected chi connectivity index (χ0v) is 22.6. The van der Waals surface area contributed by atoms with Crippen LogP contribution in [-0.4, -0.2) is 78.4 Å². The molecule has 0 fully saturated rings. The van der Waals surface area contributed by atoms with E-state index in [1.807, 2.05) is 69.2 Å². The second kappa shape index (κ2) is 23.0. The van der Waals surface area contributed by atoms with Gasteiger partial charge in [-0.05, 0) is 12.1 Å². The lowest BCUT2D eigenvalue weighted by atomic mass is 10.4. The quantitative estimate of drug-likeness (QED) is 0.215. The number of aromatic nitrogens is 2. The predicted molar refractivity (Wildman–Crippen MR) is 133 cm³/mol. The number of nitrogens with zero attached hydrogens (tertiary/aromatic N) is 5. The zero-order chi connectivity index (χ0) is 29.4. The van der Waals surface area contributed by atoms with Crippen molar-refractivity contribution in [3.05, 3.63) is 49.1 Å². The topological polar surface area (TPSA) is 166 Å². The molecule has 0 aromatic carbocycles. The molecule has 13 nitrogen and oxygen atoms in total. The number of esters is 3. The van der Waals surface area contributed by atoms with Gasteiger partial charge in [-0.15, -0.1) is 0 Å². The summed E-state index contributed by atoms with van der Waals surface area (Å²) in [4.78, 5) is 47.1. The highest BCUT2D eigenvalue weighted by atomic mass is 16.6. The summed E-state index contributed by atoms with van der Waals surface area (Å²) in [7, 11) is 13.3. The van der Waals surface area contributed by atoms with E-state index in [-0.39, 0.29) is 0 Å². The van der Waals surface area contributed by atoms with E-state index in [9.17, 15) is 24.3 Å². The highest BCUT2D eigenvalue weighted by molar-refractivity contribution is 6.29. The minimum absolute atomic E-state index is 0.970. The number of anilines is 2. The van der Waals surface area contributed by atoms with Crippen LogP contribution in [0.4, 0.5) is 11.4 Å². The lowest BCUT2D eigenvalue weighted by Crippen LogP contribution is -2.32. The van der Waals surface area contributed by atoms with Crippen LogP contribution >= 0.6 is 0 Å². The molecule has 0 aliphatic carbocycles. The van der Waals surface area contributed by atoms with E-state index >= 15 is 0 Å². The SMILES string of the molecule is CC#N.CN(C)c1cc[n+](C)cc1.CN(C)c1ccncc1.COC(=O)C(=O)OC.COC(=O)C(=O)[O-]. The summed E-state index contributed by atoms with van der Waals surface area (Å²) < 4.78 is 13.7. The van der Waals surface area contributed by atoms with Gasteiger partial charge in [0.2, 0.25) is 0 Å². The molecular formula is C24H35N5O8. The van der Waals surface area contributed by atoms with Crippen LogP contribution < -0.4 is 19.5 Å². The number of rotatable bonds is 2. The maximum atomic E-state index is 10.0. The molecule has 37 heavy (non-hydrogen) atoms. The fourth-order valence-electron chi connectivity index (χ4n) is 1.68. The Hall–Kier alpha value is -4.73. The van der Waals surface area contributed by atoms with Crippen molar-refractivity contribution in [2.75, 3.05) is 59.3 Å². The standard InChI is InChI=1S/C8H13N2.C7H10N2.C4H6O4.C3H4O4.C2H3N/c1-9(2)8-4-6-10(3)7-5-8;1-9(2)7-3-5-8-6-4-7;1-7-3(5)4(6)8-2;1-7-3(6)2(4)5;1-2-3/h4-7H,1-3H3;3-6H,1-2H3;1-2H3;1H3,(H,4,5);1H3/q+1;;;;/p-1. The molecule has 13 heteroatoms. The highest BCUT2D eigenvalue weighted by Gasteiger charge is 2.11. The number of aliphatic carboxylic acids is 1. The molecule has 0 saturated carbocycles. The Labute approximate surface area is 217 Å². The zero-order valence-electron chi connectivity index (χ0n) is 22.6. The van der Waals surface area contributed by atoms with Crippen molar-refractivity contribution in [2.24, 2.45) is 7.05 Å². The van der Waals surface area contributed by atoms with Gasteiger partial charge < -0.3 is 33.9 Å². The number of carbonyl (C=O) groups excluding carboxylic acids is 4. The molecule has 2 aromatic heterocycles. The molecule has 0 N–H and O–H groups in total. The van der Waals surface area contributed by atoms with Gasteiger partial charge in [-0.1, -0.05) is 0 Å². The molecule has 204 valence electrons. The fourth-order valence-corrected chi connectivity index (χ4v) is 1.68. The van der Waals surface area contributed by atoms with Crippen molar-refractivity contribution in [3.63, 3.8) is 0 Å². The van der Waals surface area contributed by atoms with Gasteiger partial charge >= 0.3 is 17.9 Å². The van der Waals surface area contributed by atoms with E-state index in [1.54, 1.807) is 18.5 Å². The summed E-state index contributed by atoms with van der Waals surface area (Å²) in [5.41, 5.74) is 2.42. The maximum absolute atomic E-state index is 10.0. The monoisotopic (exact) mass is 521 g/mol. The number of hydrogen-bond acceptors (Lipinski definition) is 12. The number of ether oxygens (including phenoxy) is 3. The molecule has 0 aliphatic heterocycles. The minimum atomic E-state index is -1.82. The largest absolute Gasteiger partial charge is 0.539 e. The molecule has 0 atom stereocenters. The summed E-state index contributed by atoms with van der Waals surface area (Å²) in [6.45, 7) is 1.43. The van der Waals surface area contributed by atoms with Crippen LogP contribution in [0.15, 0.2) is 49.1 Å². The molecule has 0 radical (unpaired) electrons. The summed E-state index contributed by atoms with van der Waals surface area (Å²) in [5, 5.41) is 16.7. The van der Waals surface area contributed by atoms with Gasteiger partial charge in [0.05, 0.1) is 27.4 Å². The van der Waals surface area contributed by atoms with Gasteiger partial charge in [0, 0.05) is 71.0 Å². The Morgan fingerprint density at radius 2 is 1.14 bits per heavy atom. The van der Waals surface area contributed by atoms with E-state index in [0.29, 0.717) is 0 Å². The van der Waals surface area contributed by atoms with Crippen LogP contribution in [-0.2, 0) is 40.4 Å². The number of carboxylic acids is 1. The minimum Gasteiger partial charge on any atom is -0.539 e. The van der Waals surface area contributed by atoms with Crippen LogP contribution in [0.25, 0.3) is 0 Å². The molecule has 0 saturated heterocycles. The number of carboxylic acid groups (broad SMARTS) is 1. The lowest BCUT2D eigenvalue weighted by Gasteiger charge is -2.10. The lowest BCUT2D eigenvalue weighted by molar-refractivity contribution is -0.671. The van der Waals surface area contributed by atoms with Crippen LogP contribution in [0.3, 0.4) is 0 Å². The first-order chi connectivity index (χ1) is 17.3. The molecule has 2 rings (SSSR count). The van der Waals surface area contributed by atoms with Crippen molar-refractivity contribution < 1.29 is 43.1 Å². The third-order valence-corrected chi connectivity index (χ3v) is 3.55. The maximum Gasteiger partial charge on any atom is 0.417 e. The summed E-state index contributed by atoms with van der Waals surface area (Å²) in [6.07, 6.45) is 7.65. The third-order valence-electron chi connectivity index (χ3n) is 3.55. The first-order valence-corrected chi connectivity index (χ1v) is 10.3. The fraction of sp³-hybridized carbons (Fsp3) is 0.375. The molecule has 0 bridgehead atoms. The molecule has 0 aliphatic rings. The van der Waals surface area contributed by atoms with Crippen molar-refractivity contribution in [1.29, 1.82) is 5.26 Å². The van der Waals surface area contributed by atoms with Crippen molar-refractivity contribution in [1.82, 2.24) is 4.98 Å². The average molecular weight is 522 g/mol. The van der Waals surface area contributed by atoms with Crippen molar-refractivity contribution >= 4 is 35.3 Å². The highest BCUT2D eigenvalue weighted by Crippen LogP contribution is 2.06. The Morgan fingerprint density at radius 1 is 0.811 bits per heavy atom. The predicted octanol–water partition coefficient (Wildman–Crippen LogP) is -0.504. The van der Waals surface area contributed by atoms with Crippen LogP contribution in [0, 0.1) is 11.3 Å². The summed E-state index contributed by atoms with van der Waals surface area (Å²) >= 11 is 0. The number of carbonyl (C=O) groups is 4. The summed E-state index contributed by atoms with van der Waals surface area (Å²) in [5.74, 6) is -5.12. The third kappa shape index (κ3) is 21.5. The van der Waals surface area contributed by atoms with Gasteiger partial charge in [0.25, 0.3) is 0 Å². The van der Waals surface area contributed by atoms with Crippen LogP contribution in [0.1, 0.15) is 6.92 Å². The van der Waals surface area contributed by atoms with Crippen LogP contribution in [0.2, 0.25) is 0 Å². The number of pyridine rings is 2. The van der Waals surface area contributed by atoms with Crippen molar-refractivity contribution in [3.8, 4) is 6.07 Å². The van der Waals surface area contributed by atoms with Gasteiger partial charge in [0.1, 0.15) is 7.05 Å². The Morgan fingerprint density at radius 3 is 1.35 bits per heavy atom. The van der Waals surface area contributed by atoms with E-state index in [2.05, 4.69) is 36.2 Å². The second-order valence-electron chi connectivity index (χ2n) is 6.70. The van der Waals surface area contributed by atoms with Crippen molar-refractivity contribution in [2.45, 2.75) is 6.92 Å². The smallest absolute Gasteiger partial charge is 0.417 e. The molecule has 0 unspecified atom stereocenters. The molecular weight excluding hydrogens is 486 g/mol. The van der Waals surface area contributed by atoms with Gasteiger partial charge in [-0.2, -0.15) is 5.26 Å². The second-order valence-corrected chi connectivity index (χ2v) is 6.70. The van der Waals surface area contributed by atoms with E-state index < -0.39 is 23.9 Å². The van der Waals surface area contributed by atoms with Crippen LogP contribution in [0.5, 0.6) is 0 Å². The molecule has 0 spiro atoms. The number of nitriles is 1. The Bertz CT molecular complexity index is 945. The number of hydrogen-bond donors (Lipinski definition) is 0. The van der Waals surface area contributed by atoms with E-state index in [0.717, 1.165) is 21.3 Å². The number of aryl methyl sites for hydroxylation is 1. The molecule has 0 amide bonds. The first-order valence-electron chi connectivity index (χ1n) is 10.3. The summed E-state index contributed by atoms with van der Waals surface area (Å²) in [6, 6.07) is 9.86. The molecule has 2 aromatic rings. The Kier molecular flexibility index (Phi) is 22.9. The number of methoxy groups -OCH3 is 3. The first kappa shape index (κ1) is 36.8.